The predicted octanol–water partition coefficient (Wildman–Crippen LogP) is 2.61. The summed E-state index contributed by atoms with van der Waals surface area (Å²) in [6.07, 6.45) is 0. The molecule has 0 spiro atoms. The molecule has 0 radical (unpaired) electrons. The van der Waals surface area contributed by atoms with Crippen LogP contribution in [0.5, 0.6) is 0 Å². The lowest BCUT2D eigenvalue weighted by Gasteiger charge is -2.16. The van der Waals surface area contributed by atoms with Crippen LogP contribution < -0.4 is 10.2 Å². The van der Waals surface area contributed by atoms with Crippen LogP contribution in [0.4, 0.5) is 10.8 Å². The molecule has 2 rings (SSSR count). The molecule has 0 saturated heterocycles. The first-order chi connectivity index (χ1) is 8.29. The Morgan fingerprint density at radius 2 is 2.00 bits per heavy atom. The topological polar surface area (TPSA) is 41.1 Å². The van der Waals surface area contributed by atoms with Crippen LogP contribution in [0.1, 0.15) is 11.9 Å². The molecule has 1 heterocycles. The highest BCUT2D eigenvalue weighted by Gasteiger charge is 2.06. The van der Waals surface area contributed by atoms with E-state index < -0.39 is 0 Å². The van der Waals surface area contributed by atoms with Crippen molar-refractivity contribution in [3.63, 3.8) is 0 Å². The summed E-state index contributed by atoms with van der Waals surface area (Å²) in [4.78, 5) is 2.16. The first-order valence-corrected chi connectivity index (χ1v) is 6.43. The first kappa shape index (κ1) is 11.9. The molecule has 0 aliphatic carbocycles. The van der Waals surface area contributed by atoms with E-state index in [2.05, 4.69) is 46.5 Å². The molecule has 0 aliphatic heterocycles. The molecule has 17 heavy (non-hydrogen) atoms. The number of anilines is 2. The van der Waals surface area contributed by atoms with Crippen molar-refractivity contribution in [3.05, 3.63) is 35.3 Å². The number of nitrogens with zero attached hydrogens (tertiary/aromatic N) is 3. The van der Waals surface area contributed by atoms with Gasteiger partial charge in [-0.05, 0) is 19.1 Å². The molecule has 1 aromatic carbocycles. The minimum absolute atomic E-state index is 0.785. The van der Waals surface area contributed by atoms with Crippen molar-refractivity contribution in [1.82, 2.24) is 10.2 Å². The van der Waals surface area contributed by atoms with Crippen LogP contribution >= 0.6 is 11.3 Å². The fraction of sp³-hybridized carbons (Fsp3) is 0.333. The van der Waals surface area contributed by atoms with Gasteiger partial charge in [-0.3, -0.25) is 0 Å². The highest BCUT2D eigenvalue weighted by Crippen LogP contribution is 2.19. The summed E-state index contributed by atoms with van der Waals surface area (Å²) in [6, 6.07) is 10.3. The number of para-hydroxylation sites is 1. The van der Waals surface area contributed by atoms with Gasteiger partial charge in [0, 0.05) is 19.3 Å². The standard InChI is InChI=1S/C12H16N4S/c1-3-13-12-15-14-11(17-12)9-16(2)10-7-5-4-6-8-10/h4-8H,3,9H2,1-2H3,(H,13,15). The van der Waals surface area contributed by atoms with Crippen LogP contribution in [0.25, 0.3) is 0 Å². The summed E-state index contributed by atoms with van der Waals surface area (Å²) in [5.41, 5.74) is 1.19. The molecule has 4 nitrogen and oxygen atoms in total. The third-order valence-corrected chi connectivity index (χ3v) is 3.23. The lowest BCUT2D eigenvalue weighted by atomic mass is 10.3. The van der Waals surface area contributed by atoms with Gasteiger partial charge in [-0.25, -0.2) is 0 Å². The van der Waals surface area contributed by atoms with E-state index in [0.717, 1.165) is 23.2 Å². The van der Waals surface area contributed by atoms with E-state index in [1.54, 1.807) is 11.3 Å². The fourth-order valence-corrected chi connectivity index (χ4v) is 2.38. The second kappa shape index (κ2) is 5.63. The van der Waals surface area contributed by atoms with Gasteiger partial charge in [0.1, 0.15) is 5.01 Å². The van der Waals surface area contributed by atoms with E-state index in [1.807, 2.05) is 18.2 Å². The molecule has 0 bridgehead atoms. The maximum Gasteiger partial charge on any atom is 0.205 e. The molecule has 0 atom stereocenters. The van der Waals surface area contributed by atoms with Crippen LogP contribution in [0, 0.1) is 0 Å². The molecular formula is C12H16N4S. The normalized spacial score (nSPS) is 10.2. The van der Waals surface area contributed by atoms with Crippen LogP contribution in [0.15, 0.2) is 30.3 Å². The van der Waals surface area contributed by atoms with E-state index >= 15 is 0 Å². The molecule has 1 N–H and O–H groups in total. The SMILES string of the molecule is CCNc1nnc(CN(C)c2ccccc2)s1. The fourth-order valence-electron chi connectivity index (χ4n) is 1.52. The molecule has 0 saturated carbocycles. The summed E-state index contributed by atoms with van der Waals surface area (Å²) in [5.74, 6) is 0. The molecule has 5 heteroatoms. The largest absolute Gasteiger partial charge is 0.368 e. The van der Waals surface area contributed by atoms with Crippen LogP contribution in [-0.2, 0) is 6.54 Å². The predicted molar refractivity (Wildman–Crippen MR) is 72.6 cm³/mol. The van der Waals surface area contributed by atoms with Crippen LogP contribution in [0.3, 0.4) is 0 Å². The maximum absolute atomic E-state index is 4.16. The van der Waals surface area contributed by atoms with E-state index in [-0.39, 0.29) is 0 Å². The number of hydrogen-bond donors (Lipinski definition) is 1. The molecule has 0 unspecified atom stereocenters. The lowest BCUT2D eigenvalue weighted by molar-refractivity contribution is 0.880. The van der Waals surface area contributed by atoms with Crippen molar-refractivity contribution in [2.24, 2.45) is 0 Å². The second-order valence-electron chi connectivity index (χ2n) is 3.72. The van der Waals surface area contributed by atoms with Gasteiger partial charge in [-0.1, -0.05) is 29.5 Å². The highest BCUT2D eigenvalue weighted by molar-refractivity contribution is 7.15. The van der Waals surface area contributed by atoms with Gasteiger partial charge < -0.3 is 10.2 Å². The lowest BCUT2D eigenvalue weighted by Crippen LogP contribution is -2.15. The van der Waals surface area contributed by atoms with Gasteiger partial charge in [0.15, 0.2) is 0 Å². The van der Waals surface area contributed by atoms with Crippen molar-refractivity contribution in [1.29, 1.82) is 0 Å². The van der Waals surface area contributed by atoms with Gasteiger partial charge in [0.2, 0.25) is 5.13 Å². The molecule has 1 aromatic heterocycles. The minimum Gasteiger partial charge on any atom is -0.368 e. The summed E-state index contributed by atoms with van der Waals surface area (Å²) >= 11 is 1.61. The zero-order chi connectivity index (χ0) is 12.1. The van der Waals surface area contributed by atoms with Crippen molar-refractivity contribution in [3.8, 4) is 0 Å². The Morgan fingerprint density at radius 3 is 2.71 bits per heavy atom. The Hall–Kier alpha value is -1.62. The Morgan fingerprint density at radius 1 is 1.24 bits per heavy atom. The average Bonchev–Trinajstić information content (AvgIpc) is 2.78. The number of aromatic nitrogens is 2. The third kappa shape index (κ3) is 3.17. The summed E-state index contributed by atoms with van der Waals surface area (Å²) in [6.45, 7) is 3.72. The van der Waals surface area contributed by atoms with Gasteiger partial charge in [-0.2, -0.15) is 0 Å². The molecule has 0 amide bonds. The molecule has 0 aliphatic rings. The van der Waals surface area contributed by atoms with E-state index in [1.165, 1.54) is 5.69 Å². The second-order valence-corrected chi connectivity index (χ2v) is 4.78. The van der Waals surface area contributed by atoms with E-state index in [0.29, 0.717) is 0 Å². The smallest absolute Gasteiger partial charge is 0.205 e. The summed E-state index contributed by atoms with van der Waals surface area (Å²) < 4.78 is 0. The van der Waals surface area contributed by atoms with Crippen LogP contribution in [-0.4, -0.2) is 23.8 Å². The average molecular weight is 248 g/mol. The third-order valence-electron chi connectivity index (χ3n) is 2.36. The van der Waals surface area contributed by atoms with Gasteiger partial charge in [0.05, 0.1) is 6.54 Å². The number of rotatable bonds is 5. The van der Waals surface area contributed by atoms with Gasteiger partial charge >= 0.3 is 0 Å². The van der Waals surface area contributed by atoms with Crippen molar-refractivity contribution in [2.75, 3.05) is 23.8 Å². The Balaban J connectivity index is 2.00. The Labute approximate surface area is 105 Å². The van der Waals surface area contributed by atoms with Crippen molar-refractivity contribution < 1.29 is 0 Å². The molecule has 2 aromatic rings. The number of nitrogens with one attached hydrogen (secondary N) is 1. The summed E-state index contributed by atoms with van der Waals surface area (Å²) in [7, 11) is 2.06. The number of hydrogen-bond acceptors (Lipinski definition) is 5. The van der Waals surface area contributed by atoms with Crippen molar-refractivity contribution >= 4 is 22.2 Å². The highest BCUT2D eigenvalue weighted by atomic mass is 32.1. The quantitative estimate of drug-likeness (QED) is 0.883. The van der Waals surface area contributed by atoms with E-state index in [9.17, 15) is 0 Å². The minimum atomic E-state index is 0.785. The zero-order valence-electron chi connectivity index (χ0n) is 10.1. The van der Waals surface area contributed by atoms with Crippen LogP contribution in [0.2, 0.25) is 0 Å². The first-order valence-electron chi connectivity index (χ1n) is 5.62. The monoisotopic (exact) mass is 248 g/mol. The molecule has 0 fully saturated rings. The molecular weight excluding hydrogens is 232 g/mol. The maximum atomic E-state index is 4.16. The van der Waals surface area contributed by atoms with E-state index in [4.69, 9.17) is 0 Å². The van der Waals surface area contributed by atoms with Crippen molar-refractivity contribution in [2.45, 2.75) is 13.5 Å². The van der Waals surface area contributed by atoms with Gasteiger partial charge in [-0.15, -0.1) is 10.2 Å². The Bertz CT molecular complexity index is 455. The zero-order valence-corrected chi connectivity index (χ0v) is 10.9. The van der Waals surface area contributed by atoms with Gasteiger partial charge in [0.25, 0.3) is 0 Å². The number of benzene rings is 1. The Kier molecular flexibility index (Phi) is 3.93. The summed E-state index contributed by atoms with van der Waals surface area (Å²) in [5, 5.41) is 13.3. The molecule has 90 valence electrons.